The molecule has 3 rings (SSSR count). The third-order valence-corrected chi connectivity index (χ3v) is 10.9. The quantitative estimate of drug-likeness (QED) is 0.420. The molecule has 0 aliphatic carbocycles. The zero-order valence-corrected chi connectivity index (χ0v) is 19.2. The second-order valence-corrected chi connectivity index (χ2v) is 13.2. The fourth-order valence-corrected chi connectivity index (χ4v) is 8.95. The molecular formula is C25H32O4Si. The lowest BCUT2D eigenvalue weighted by molar-refractivity contribution is -0.142. The molecule has 0 radical (unpaired) electrons. The van der Waals surface area contributed by atoms with Crippen LogP contribution in [-0.4, -0.2) is 38.2 Å². The summed E-state index contributed by atoms with van der Waals surface area (Å²) in [5.41, 5.74) is 0. The van der Waals surface area contributed by atoms with Gasteiger partial charge in [0.15, 0.2) is 0 Å². The molecule has 1 heterocycles. The Labute approximate surface area is 180 Å². The van der Waals surface area contributed by atoms with Gasteiger partial charge in [0.1, 0.15) is 6.10 Å². The summed E-state index contributed by atoms with van der Waals surface area (Å²) in [6.07, 6.45) is 3.65. The molecule has 30 heavy (non-hydrogen) atoms. The molecule has 0 unspecified atom stereocenters. The van der Waals surface area contributed by atoms with E-state index < -0.39 is 14.4 Å². The van der Waals surface area contributed by atoms with E-state index >= 15 is 0 Å². The van der Waals surface area contributed by atoms with Crippen LogP contribution in [0.1, 0.15) is 34.1 Å². The normalized spacial score (nSPS) is 21.0. The molecule has 1 saturated heterocycles. The van der Waals surface area contributed by atoms with Crippen LogP contribution in [0.3, 0.4) is 0 Å². The summed E-state index contributed by atoms with van der Waals surface area (Å²) in [5.74, 6) is -0.378. The van der Waals surface area contributed by atoms with Gasteiger partial charge in [0, 0.05) is 5.92 Å². The molecule has 2 aromatic carbocycles. The van der Waals surface area contributed by atoms with Crippen LogP contribution in [-0.2, 0) is 14.0 Å². The highest BCUT2D eigenvalue weighted by molar-refractivity contribution is 6.99. The molecule has 0 spiro atoms. The third-order valence-electron chi connectivity index (χ3n) is 5.75. The van der Waals surface area contributed by atoms with Gasteiger partial charge in [-0.1, -0.05) is 93.6 Å². The molecule has 0 saturated carbocycles. The van der Waals surface area contributed by atoms with Crippen molar-refractivity contribution in [2.24, 2.45) is 5.92 Å². The molecule has 0 bridgehead atoms. The molecule has 1 aliphatic rings. The summed E-state index contributed by atoms with van der Waals surface area (Å²) in [6.45, 7) is 8.63. The number of carbonyl (C=O) groups excluding carboxylic acids is 1. The average Bonchev–Trinajstić information content (AvgIpc) is 3.10. The number of aliphatic hydroxyl groups excluding tert-OH is 1. The molecule has 4 nitrogen and oxygen atoms in total. The van der Waals surface area contributed by atoms with Crippen molar-refractivity contribution in [1.82, 2.24) is 0 Å². The molecule has 0 amide bonds. The van der Waals surface area contributed by atoms with Crippen molar-refractivity contribution in [3.05, 3.63) is 72.8 Å². The first-order valence-electron chi connectivity index (χ1n) is 10.6. The van der Waals surface area contributed by atoms with Gasteiger partial charge in [0.2, 0.25) is 0 Å². The topological polar surface area (TPSA) is 55.8 Å². The highest BCUT2D eigenvalue weighted by Gasteiger charge is 2.50. The predicted octanol–water partition coefficient (Wildman–Crippen LogP) is 3.43. The first-order valence-corrected chi connectivity index (χ1v) is 12.5. The van der Waals surface area contributed by atoms with Gasteiger partial charge in [-0.15, -0.1) is 0 Å². The smallest absolute Gasteiger partial charge is 0.306 e. The summed E-state index contributed by atoms with van der Waals surface area (Å²) in [7, 11) is -2.63. The number of esters is 1. The Balaban J connectivity index is 1.97. The summed E-state index contributed by atoms with van der Waals surface area (Å²) < 4.78 is 12.2. The van der Waals surface area contributed by atoms with Crippen LogP contribution in [0.15, 0.2) is 72.8 Å². The summed E-state index contributed by atoms with van der Waals surface area (Å²) >= 11 is 0. The number of benzene rings is 2. The Kier molecular flexibility index (Phi) is 6.96. The van der Waals surface area contributed by atoms with E-state index in [1.165, 1.54) is 10.4 Å². The van der Waals surface area contributed by atoms with Crippen LogP contribution in [0.25, 0.3) is 0 Å². The standard InChI is InChI=1S/C25H32O4Si/c1-19(15-16-20-17-24(27)28-23(20)18-26)29-30(25(2,3)4,21-11-7-5-8-12-21)22-13-9-6-10-14-22/h5-16,19-20,23,26H,17-18H2,1-4H3/b16-15+/t19-,20-,23-/m1/s1. The highest BCUT2D eigenvalue weighted by atomic mass is 28.4. The summed E-state index contributed by atoms with van der Waals surface area (Å²) in [5, 5.41) is 11.8. The van der Waals surface area contributed by atoms with Crippen molar-refractivity contribution in [2.45, 2.75) is 51.4 Å². The van der Waals surface area contributed by atoms with Crippen LogP contribution in [0.5, 0.6) is 0 Å². The van der Waals surface area contributed by atoms with Crippen molar-refractivity contribution in [3.8, 4) is 0 Å². The molecule has 160 valence electrons. The fourth-order valence-electron chi connectivity index (χ4n) is 4.30. The zero-order chi connectivity index (χ0) is 21.8. The predicted molar refractivity (Wildman–Crippen MR) is 122 cm³/mol. The average molecular weight is 425 g/mol. The van der Waals surface area contributed by atoms with Gasteiger partial charge in [-0.2, -0.15) is 0 Å². The van der Waals surface area contributed by atoms with Crippen LogP contribution in [0.2, 0.25) is 5.04 Å². The number of rotatable bonds is 7. The van der Waals surface area contributed by atoms with Crippen molar-refractivity contribution in [3.63, 3.8) is 0 Å². The molecule has 3 atom stereocenters. The molecule has 0 aromatic heterocycles. The highest BCUT2D eigenvalue weighted by Crippen LogP contribution is 2.37. The lowest BCUT2D eigenvalue weighted by Crippen LogP contribution is -2.67. The maximum atomic E-state index is 11.6. The Hall–Kier alpha value is -2.21. The third kappa shape index (κ3) is 4.58. The van der Waals surface area contributed by atoms with Crippen LogP contribution < -0.4 is 10.4 Å². The van der Waals surface area contributed by atoms with E-state index in [-0.39, 0.29) is 29.6 Å². The lowest BCUT2D eigenvalue weighted by Gasteiger charge is -2.44. The first-order chi connectivity index (χ1) is 14.3. The number of cyclic esters (lactones) is 1. The minimum Gasteiger partial charge on any atom is -0.459 e. The van der Waals surface area contributed by atoms with Crippen molar-refractivity contribution >= 4 is 24.7 Å². The molecule has 2 aromatic rings. The maximum absolute atomic E-state index is 11.6. The number of ether oxygens (including phenoxy) is 1. The van der Waals surface area contributed by atoms with Crippen LogP contribution in [0, 0.1) is 5.92 Å². The molecule has 1 fully saturated rings. The van der Waals surface area contributed by atoms with Crippen molar-refractivity contribution in [2.75, 3.05) is 6.61 Å². The Bertz CT molecular complexity index is 818. The second-order valence-electron chi connectivity index (χ2n) is 8.95. The molecule has 1 N–H and O–H groups in total. The van der Waals surface area contributed by atoms with Crippen molar-refractivity contribution < 1.29 is 19.1 Å². The van der Waals surface area contributed by atoms with E-state index in [0.29, 0.717) is 6.42 Å². The monoisotopic (exact) mass is 424 g/mol. The van der Waals surface area contributed by atoms with Gasteiger partial charge in [-0.3, -0.25) is 4.79 Å². The van der Waals surface area contributed by atoms with E-state index in [1.807, 2.05) is 31.2 Å². The Morgan fingerprint density at radius 1 is 1.10 bits per heavy atom. The van der Waals surface area contributed by atoms with Gasteiger partial charge in [0.25, 0.3) is 8.32 Å². The maximum Gasteiger partial charge on any atom is 0.306 e. The SMILES string of the molecule is C[C@H](/C=C/[C@@H]1CC(=O)O[C@@H]1CO)O[Si](c1ccccc1)(c1ccccc1)C(C)(C)C. The van der Waals surface area contributed by atoms with Gasteiger partial charge >= 0.3 is 5.97 Å². The summed E-state index contributed by atoms with van der Waals surface area (Å²) in [6, 6.07) is 21.0. The fraction of sp³-hybridized carbons (Fsp3) is 0.400. The number of hydrogen-bond acceptors (Lipinski definition) is 4. The van der Waals surface area contributed by atoms with E-state index in [4.69, 9.17) is 9.16 Å². The van der Waals surface area contributed by atoms with E-state index in [1.54, 1.807) is 0 Å². The first kappa shape index (κ1) is 22.5. The molecule has 5 heteroatoms. The van der Waals surface area contributed by atoms with Gasteiger partial charge in [-0.05, 0) is 22.3 Å². The Morgan fingerprint density at radius 3 is 2.10 bits per heavy atom. The second kappa shape index (κ2) is 9.29. The number of carbonyl (C=O) groups is 1. The van der Waals surface area contributed by atoms with Crippen LogP contribution >= 0.6 is 0 Å². The van der Waals surface area contributed by atoms with Gasteiger partial charge in [0.05, 0.1) is 19.1 Å². The zero-order valence-electron chi connectivity index (χ0n) is 18.2. The largest absolute Gasteiger partial charge is 0.459 e. The molecular weight excluding hydrogens is 392 g/mol. The molecule has 1 aliphatic heterocycles. The van der Waals surface area contributed by atoms with E-state index in [0.717, 1.165) is 0 Å². The minimum absolute atomic E-state index is 0.0993. The van der Waals surface area contributed by atoms with Gasteiger partial charge in [-0.25, -0.2) is 0 Å². The minimum atomic E-state index is -2.63. The van der Waals surface area contributed by atoms with Crippen LogP contribution in [0.4, 0.5) is 0 Å². The van der Waals surface area contributed by atoms with Crippen molar-refractivity contribution in [1.29, 1.82) is 0 Å². The number of hydrogen-bond donors (Lipinski definition) is 1. The van der Waals surface area contributed by atoms with E-state index in [9.17, 15) is 9.90 Å². The Morgan fingerprint density at radius 2 is 1.63 bits per heavy atom. The van der Waals surface area contributed by atoms with E-state index in [2.05, 4.69) is 69.3 Å². The number of aliphatic hydroxyl groups is 1. The summed E-state index contributed by atoms with van der Waals surface area (Å²) in [4.78, 5) is 11.6. The lowest BCUT2D eigenvalue weighted by atomic mass is 10.0. The van der Waals surface area contributed by atoms with Gasteiger partial charge < -0.3 is 14.3 Å².